The second-order valence-electron chi connectivity index (χ2n) is 8.90. The van der Waals surface area contributed by atoms with Gasteiger partial charge in [0.05, 0.1) is 12.0 Å². The largest absolute Gasteiger partial charge is 0.415 e. The van der Waals surface area contributed by atoms with Crippen LogP contribution in [0.15, 0.2) is 67.3 Å². The molecule has 1 fully saturated rings. The van der Waals surface area contributed by atoms with Gasteiger partial charge in [-0.15, -0.1) is 0 Å². The second-order valence-corrected chi connectivity index (χ2v) is 8.90. The average Bonchev–Trinajstić information content (AvgIpc) is 3.14. The molecule has 1 N–H and O–H groups in total. The Kier molecular flexibility index (Phi) is 10.8. The Morgan fingerprint density at radius 1 is 1.08 bits per heavy atom. The minimum atomic E-state index is -4.30. The molecule has 0 radical (unpaired) electrons. The van der Waals surface area contributed by atoms with E-state index in [0.29, 0.717) is 23.9 Å². The first-order valence-corrected chi connectivity index (χ1v) is 12.0. The molecule has 1 aromatic heterocycles. The Morgan fingerprint density at radius 3 is 2.22 bits per heavy atom. The van der Waals surface area contributed by atoms with Crippen molar-refractivity contribution in [2.24, 2.45) is 0 Å². The van der Waals surface area contributed by atoms with Crippen molar-refractivity contribution in [1.29, 1.82) is 0 Å². The second kappa shape index (κ2) is 13.4. The number of halogens is 6. The van der Waals surface area contributed by atoms with E-state index >= 15 is 0 Å². The summed E-state index contributed by atoms with van der Waals surface area (Å²) >= 11 is 0. The Balaban J connectivity index is 0.000000521. The maximum atomic E-state index is 12.9. The SMILES string of the molecule is C=CC(=C)C(F)(F)F.Cc1c(C(=O)NC2CCCCC2)cc(/C=C/CC(F)(F)F)n1Cc1ccccc1. The number of amides is 1. The summed E-state index contributed by atoms with van der Waals surface area (Å²) < 4.78 is 73.4. The van der Waals surface area contributed by atoms with Crippen LogP contribution in [0.4, 0.5) is 26.3 Å². The van der Waals surface area contributed by atoms with Crippen molar-refractivity contribution in [1.82, 2.24) is 9.88 Å². The number of carbonyl (C=O) groups excluding carboxylic acids is 1. The average molecular weight is 527 g/mol. The van der Waals surface area contributed by atoms with Gasteiger partial charge in [-0.1, -0.05) is 74.9 Å². The Morgan fingerprint density at radius 2 is 1.70 bits per heavy atom. The van der Waals surface area contributed by atoms with Crippen molar-refractivity contribution in [3.8, 4) is 0 Å². The van der Waals surface area contributed by atoms with Crippen LogP contribution >= 0.6 is 0 Å². The third-order valence-electron chi connectivity index (χ3n) is 6.02. The smallest absolute Gasteiger partial charge is 0.349 e. The molecule has 2 aromatic rings. The minimum Gasteiger partial charge on any atom is -0.349 e. The van der Waals surface area contributed by atoms with Gasteiger partial charge in [0.15, 0.2) is 0 Å². The Hall–Kier alpha value is -3.23. The number of aromatic nitrogens is 1. The zero-order chi connectivity index (χ0) is 27.6. The van der Waals surface area contributed by atoms with Crippen LogP contribution in [0.5, 0.6) is 0 Å². The van der Waals surface area contributed by atoms with E-state index in [1.165, 1.54) is 12.5 Å². The molecule has 0 unspecified atom stereocenters. The van der Waals surface area contributed by atoms with E-state index in [1.807, 2.05) is 41.8 Å². The molecule has 37 heavy (non-hydrogen) atoms. The summed E-state index contributed by atoms with van der Waals surface area (Å²) in [4.78, 5) is 12.9. The predicted octanol–water partition coefficient (Wildman–Crippen LogP) is 8.16. The fourth-order valence-electron chi connectivity index (χ4n) is 3.95. The number of alkyl halides is 6. The number of hydrogen-bond acceptors (Lipinski definition) is 1. The summed E-state index contributed by atoms with van der Waals surface area (Å²) in [5.74, 6) is -0.147. The first-order chi connectivity index (χ1) is 17.3. The van der Waals surface area contributed by atoms with Gasteiger partial charge in [-0.05, 0) is 37.5 Å². The van der Waals surface area contributed by atoms with Gasteiger partial charge in [0.2, 0.25) is 0 Å². The van der Waals surface area contributed by atoms with Crippen molar-refractivity contribution in [3.05, 3.63) is 89.8 Å². The summed E-state index contributed by atoms with van der Waals surface area (Å²) in [6, 6.07) is 11.6. The third kappa shape index (κ3) is 9.98. The van der Waals surface area contributed by atoms with E-state index < -0.39 is 24.3 Å². The summed E-state index contributed by atoms with van der Waals surface area (Å²) in [6.45, 7) is 7.95. The molecular weight excluding hydrogens is 494 g/mol. The molecule has 3 nitrogen and oxygen atoms in total. The molecule has 0 spiro atoms. The molecular formula is C28H32F6N2O. The molecule has 9 heteroatoms. The molecule has 1 aliphatic rings. The lowest BCUT2D eigenvalue weighted by molar-refractivity contribution is -0.124. The fourth-order valence-corrected chi connectivity index (χ4v) is 3.95. The fraction of sp³-hybridized carbons (Fsp3) is 0.393. The predicted molar refractivity (Wildman–Crippen MR) is 134 cm³/mol. The third-order valence-corrected chi connectivity index (χ3v) is 6.02. The number of allylic oxidation sites excluding steroid dienone is 3. The van der Waals surface area contributed by atoms with Gasteiger partial charge in [-0.2, -0.15) is 26.3 Å². The molecule has 0 aliphatic heterocycles. The van der Waals surface area contributed by atoms with Crippen molar-refractivity contribution < 1.29 is 31.1 Å². The molecule has 0 saturated heterocycles. The highest BCUT2D eigenvalue weighted by Crippen LogP contribution is 2.25. The standard InChI is InChI=1S/C23H27F3N2O.C5H5F3/c1-17-21(22(29)27-19-11-6-3-7-12-19)15-20(13-8-14-23(24,25)26)28(17)16-18-9-4-2-5-10-18;1-3-4(2)5(6,7)8/h2,4-5,8-10,13,15,19H,3,6-7,11-12,14,16H2,1H3,(H,27,29);3H,1-2H2/b13-8+;. The molecule has 0 atom stereocenters. The van der Waals surface area contributed by atoms with Gasteiger partial charge >= 0.3 is 12.4 Å². The molecule has 3 rings (SSSR count). The lowest BCUT2D eigenvalue weighted by Gasteiger charge is -2.22. The number of benzene rings is 1. The highest BCUT2D eigenvalue weighted by atomic mass is 19.4. The summed E-state index contributed by atoms with van der Waals surface area (Å²) in [5.41, 5.74) is 2.00. The van der Waals surface area contributed by atoms with Crippen LogP contribution in [-0.4, -0.2) is 28.9 Å². The first-order valence-electron chi connectivity index (χ1n) is 12.0. The van der Waals surface area contributed by atoms with Gasteiger partial charge in [0, 0.05) is 29.5 Å². The summed E-state index contributed by atoms with van der Waals surface area (Å²) in [6.07, 6.45) is -0.902. The summed E-state index contributed by atoms with van der Waals surface area (Å²) in [7, 11) is 0. The van der Waals surface area contributed by atoms with E-state index in [-0.39, 0.29) is 11.9 Å². The van der Waals surface area contributed by atoms with Crippen molar-refractivity contribution in [2.45, 2.75) is 70.4 Å². The minimum absolute atomic E-state index is 0.147. The molecule has 1 amide bonds. The van der Waals surface area contributed by atoms with Crippen LogP contribution in [-0.2, 0) is 6.54 Å². The number of nitrogens with one attached hydrogen (secondary N) is 1. The first kappa shape index (κ1) is 30.0. The number of nitrogens with zero attached hydrogens (tertiary/aromatic N) is 1. The van der Waals surface area contributed by atoms with E-state index in [4.69, 9.17) is 0 Å². The number of hydrogen-bond donors (Lipinski definition) is 1. The van der Waals surface area contributed by atoms with E-state index in [1.54, 1.807) is 6.07 Å². The van der Waals surface area contributed by atoms with Crippen LogP contribution < -0.4 is 5.32 Å². The summed E-state index contributed by atoms with van der Waals surface area (Å²) in [5, 5.41) is 3.10. The zero-order valence-corrected chi connectivity index (χ0v) is 20.8. The Labute approximate surface area is 213 Å². The molecule has 1 aliphatic carbocycles. The van der Waals surface area contributed by atoms with Gasteiger partial charge in [-0.25, -0.2) is 0 Å². The van der Waals surface area contributed by atoms with E-state index in [9.17, 15) is 31.1 Å². The quantitative estimate of drug-likeness (QED) is 0.287. The van der Waals surface area contributed by atoms with Gasteiger partial charge < -0.3 is 9.88 Å². The zero-order valence-electron chi connectivity index (χ0n) is 20.8. The number of carbonyl (C=O) groups is 1. The van der Waals surface area contributed by atoms with Gasteiger partial charge in [0.1, 0.15) is 0 Å². The van der Waals surface area contributed by atoms with Crippen molar-refractivity contribution >= 4 is 12.0 Å². The molecule has 1 heterocycles. The molecule has 0 bridgehead atoms. The van der Waals surface area contributed by atoms with Crippen LogP contribution in [0.3, 0.4) is 0 Å². The van der Waals surface area contributed by atoms with Crippen LogP contribution in [0, 0.1) is 6.92 Å². The van der Waals surface area contributed by atoms with Crippen LogP contribution in [0.25, 0.3) is 6.08 Å². The highest BCUT2D eigenvalue weighted by molar-refractivity contribution is 5.96. The van der Waals surface area contributed by atoms with Crippen molar-refractivity contribution in [3.63, 3.8) is 0 Å². The lowest BCUT2D eigenvalue weighted by Crippen LogP contribution is -2.36. The van der Waals surface area contributed by atoms with Gasteiger partial charge in [-0.3, -0.25) is 4.79 Å². The lowest BCUT2D eigenvalue weighted by atomic mass is 9.95. The molecule has 1 aromatic carbocycles. The van der Waals surface area contributed by atoms with Crippen LogP contribution in [0.2, 0.25) is 0 Å². The maximum Gasteiger partial charge on any atom is 0.415 e. The van der Waals surface area contributed by atoms with E-state index in [2.05, 4.69) is 18.5 Å². The molecule has 1 saturated carbocycles. The maximum absolute atomic E-state index is 12.9. The van der Waals surface area contributed by atoms with E-state index in [0.717, 1.165) is 43.0 Å². The topological polar surface area (TPSA) is 34.0 Å². The monoisotopic (exact) mass is 526 g/mol. The highest BCUT2D eigenvalue weighted by Gasteiger charge is 2.29. The number of rotatable bonds is 7. The molecule has 202 valence electrons. The Bertz CT molecular complexity index is 1070. The van der Waals surface area contributed by atoms with Crippen LogP contribution in [0.1, 0.15) is 65.8 Å². The van der Waals surface area contributed by atoms with Crippen molar-refractivity contribution in [2.75, 3.05) is 0 Å². The van der Waals surface area contributed by atoms with Gasteiger partial charge in [0.25, 0.3) is 5.91 Å². The normalized spacial score (nSPS) is 14.7.